The van der Waals surface area contributed by atoms with E-state index < -0.39 is 17.4 Å². The Kier molecular flexibility index (Phi) is 4.88. The lowest BCUT2D eigenvalue weighted by molar-refractivity contribution is -0.147. The molecule has 0 saturated carbocycles. The highest BCUT2D eigenvalue weighted by Gasteiger charge is 2.34. The number of hydrogen-bond acceptors (Lipinski definition) is 5. The summed E-state index contributed by atoms with van der Waals surface area (Å²) >= 11 is 5.08. The molecule has 1 aromatic carbocycles. The number of benzene rings is 1. The molecule has 128 valence electrons. The van der Waals surface area contributed by atoms with Crippen molar-refractivity contribution in [2.45, 2.75) is 25.8 Å². The average Bonchev–Trinajstić information content (AvgIpc) is 2.58. The Labute approximate surface area is 143 Å². The highest BCUT2D eigenvalue weighted by molar-refractivity contribution is 7.71. The van der Waals surface area contributed by atoms with E-state index in [2.05, 4.69) is 10.3 Å². The summed E-state index contributed by atoms with van der Waals surface area (Å²) < 4.78 is 6.32. The van der Waals surface area contributed by atoms with Crippen LogP contribution < -0.4 is 10.9 Å². The summed E-state index contributed by atoms with van der Waals surface area (Å²) in [5.74, 6) is -0.959. The van der Waals surface area contributed by atoms with Crippen molar-refractivity contribution in [3.63, 3.8) is 0 Å². The zero-order chi connectivity index (χ0) is 18.1. The molecule has 0 saturated heterocycles. The zero-order valence-corrected chi connectivity index (χ0v) is 14.7. The normalized spacial score (nSPS) is 13.3. The van der Waals surface area contributed by atoms with Gasteiger partial charge in [-0.2, -0.15) is 0 Å². The van der Waals surface area contributed by atoms with Gasteiger partial charge in [0, 0.05) is 12.6 Å². The van der Waals surface area contributed by atoms with Crippen LogP contribution in [0.15, 0.2) is 23.0 Å². The van der Waals surface area contributed by atoms with Gasteiger partial charge in [-0.15, -0.1) is 0 Å². The van der Waals surface area contributed by atoms with Crippen molar-refractivity contribution in [2.24, 2.45) is 7.05 Å². The Bertz CT molecular complexity index is 931. The first-order valence-corrected chi connectivity index (χ1v) is 7.78. The molecule has 24 heavy (non-hydrogen) atoms. The van der Waals surface area contributed by atoms with Crippen LogP contribution in [-0.4, -0.2) is 34.1 Å². The molecule has 0 aliphatic rings. The van der Waals surface area contributed by atoms with Crippen LogP contribution in [0.25, 0.3) is 10.9 Å². The number of carbonyl (C=O) groups is 2. The number of aromatic amines is 1. The first-order valence-electron chi connectivity index (χ1n) is 7.37. The van der Waals surface area contributed by atoms with E-state index in [1.54, 1.807) is 27.0 Å². The standard InChI is InChI=1S/C16H19N3O4S/c1-5-16(2,14(22)23-4)18-12(20)9-6-7-10-11(8-9)17-15(24)19(3)13(10)21/h6-8H,5H2,1-4H3,(H,17,24)(H,18,20)/t16-/m0/s1. The van der Waals surface area contributed by atoms with Gasteiger partial charge < -0.3 is 15.0 Å². The maximum Gasteiger partial charge on any atom is 0.331 e. The molecule has 0 unspecified atom stereocenters. The van der Waals surface area contributed by atoms with Crippen LogP contribution >= 0.6 is 12.2 Å². The molecule has 2 aromatic rings. The highest BCUT2D eigenvalue weighted by Crippen LogP contribution is 2.15. The largest absolute Gasteiger partial charge is 0.467 e. The molecule has 1 aromatic heterocycles. The molecule has 2 N–H and O–H groups in total. The van der Waals surface area contributed by atoms with Gasteiger partial charge in [-0.1, -0.05) is 6.92 Å². The van der Waals surface area contributed by atoms with Gasteiger partial charge in [-0.05, 0) is 43.8 Å². The van der Waals surface area contributed by atoms with Gasteiger partial charge >= 0.3 is 5.97 Å². The van der Waals surface area contributed by atoms with E-state index in [-0.39, 0.29) is 10.3 Å². The van der Waals surface area contributed by atoms with Crippen molar-refractivity contribution in [2.75, 3.05) is 7.11 Å². The van der Waals surface area contributed by atoms with E-state index in [1.165, 1.54) is 23.8 Å². The molecule has 2 rings (SSSR count). The van der Waals surface area contributed by atoms with Gasteiger partial charge in [0.05, 0.1) is 18.0 Å². The average molecular weight is 349 g/mol. The first kappa shape index (κ1) is 17.9. The van der Waals surface area contributed by atoms with Crippen LogP contribution in [0.5, 0.6) is 0 Å². The Morgan fingerprint density at radius 2 is 2.08 bits per heavy atom. The second-order valence-electron chi connectivity index (χ2n) is 5.69. The summed E-state index contributed by atoms with van der Waals surface area (Å²) in [5.41, 5.74) is -0.591. The molecule has 0 radical (unpaired) electrons. The van der Waals surface area contributed by atoms with E-state index >= 15 is 0 Å². The third kappa shape index (κ3) is 3.09. The second kappa shape index (κ2) is 6.56. The lowest BCUT2D eigenvalue weighted by Crippen LogP contribution is -2.52. The summed E-state index contributed by atoms with van der Waals surface area (Å²) in [6, 6.07) is 4.62. The number of H-pyrrole nitrogens is 1. The van der Waals surface area contributed by atoms with Gasteiger partial charge in [0.1, 0.15) is 5.54 Å². The van der Waals surface area contributed by atoms with Crippen molar-refractivity contribution in [1.29, 1.82) is 0 Å². The molecule has 1 amide bonds. The molecular formula is C16H19N3O4S. The van der Waals surface area contributed by atoms with Crippen LogP contribution in [0.2, 0.25) is 0 Å². The summed E-state index contributed by atoms with van der Waals surface area (Å²) in [6.45, 7) is 3.37. The molecule has 0 bridgehead atoms. The number of nitrogens with zero attached hydrogens (tertiary/aromatic N) is 1. The minimum Gasteiger partial charge on any atom is -0.467 e. The highest BCUT2D eigenvalue weighted by atomic mass is 32.1. The fourth-order valence-electron chi connectivity index (χ4n) is 2.28. The number of aromatic nitrogens is 2. The van der Waals surface area contributed by atoms with Crippen LogP contribution in [-0.2, 0) is 16.6 Å². The fraction of sp³-hybridized carbons (Fsp3) is 0.375. The minimum absolute atomic E-state index is 0.242. The molecule has 8 heteroatoms. The Morgan fingerprint density at radius 1 is 1.42 bits per heavy atom. The van der Waals surface area contributed by atoms with E-state index in [1.807, 2.05) is 0 Å². The molecule has 1 atom stereocenters. The van der Waals surface area contributed by atoms with Gasteiger partial charge in [0.25, 0.3) is 11.5 Å². The van der Waals surface area contributed by atoms with E-state index in [9.17, 15) is 14.4 Å². The third-order valence-electron chi connectivity index (χ3n) is 4.10. The number of esters is 1. The predicted molar refractivity (Wildman–Crippen MR) is 92.6 cm³/mol. The number of nitrogens with one attached hydrogen (secondary N) is 2. The Balaban J connectivity index is 2.44. The maximum absolute atomic E-state index is 12.5. The van der Waals surface area contributed by atoms with Crippen molar-refractivity contribution in [3.8, 4) is 0 Å². The van der Waals surface area contributed by atoms with E-state index in [0.717, 1.165) is 0 Å². The Hall–Kier alpha value is -2.48. The summed E-state index contributed by atoms with van der Waals surface area (Å²) in [4.78, 5) is 39.4. The van der Waals surface area contributed by atoms with E-state index in [4.69, 9.17) is 17.0 Å². The number of hydrogen-bond donors (Lipinski definition) is 2. The lowest BCUT2D eigenvalue weighted by Gasteiger charge is -2.26. The maximum atomic E-state index is 12.5. The number of methoxy groups -OCH3 is 1. The van der Waals surface area contributed by atoms with Gasteiger partial charge in [-0.25, -0.2) is 4.79 Å². The number of ether oxygens (including phenoxy) is 1. The molecule has 1 heterocycles. The summed E-state index contributed by atoms with van der Waals surface area (Å²) in [6.07, 6.45) is 0.377. The number of carbonyl (C=O) groups excluding carboxylic acids is 2. The number of fused-ring (bicyclic) bond motifs is 1. The molecule has 0 fully saturated rings. The van der Waals surface area contributed by atoms with Gasteiger partial charge in [0.15, 0.2) is 4.77 Å². The third-order valence-corrected chi connectivity index (χ3v) is 4.47. The van der Waals surface area contributed by atoms with Gasteiger partial charge in [-0.3, -0.25) is 14.2 Å². The topological polar surface area (TPSA) is 93.2 Å². The van der Waals surface area contributed by atoms with E-state index in [0.29, 0.717) is 22.9 Å². The fourth-order valence-corrected chi connectivity index (χ4v) is 2.47. The molecule has 0 spiro atoms. The Morgan fingerprint density at radius 3 is 2.67 bits per heavy atom. The van der Waals surface area contributed by atoms with Crippen LogP contribution in [0.1, 0.15) is 30.6 Å². The first-order chi connectivity index (χ1) is 11.2. The van der Waals surface area contributed by atoms with Crippen molar-refractivity contribution >= 4 is 35.0 Å². The lowest BCUT2D eigenvalue weighted by atomic mass is 9.98. The van der Waals surface area contributed by atoms with Crippen molar-refractivity contribution in [1.82, 2.24) is 14.9 Å². The predicted octanol–water partition coefficient (Wildman–Crippen LogP) is 1.67. The quantitative estimate of drug-likeness (QED) is 0.647. The zero-order valence-electron chi connectivity index (χ0n) is 13.9. The van der Waals surface area contributed by atoms with Crippen LogP contribution in [0.3, 0.4) is 0 Å². The molecular weight excluding hydrogens is 330 g/mol. The summed E-state index contributed by atoms with van der Waals surface area (Å²) in [5, 5.41) is 3.10. The van der Waals surface area contributed by atoms with Crippen LogP contribution in [0, 0.1) is 4.77 Å². The molecule has 0 aliphatic heterocycles. The van der Waals surface area contributed by atoms with Gasteiger partial charge in [0.2, 0.25) is 0 Å². The van der Waals surface area contributed by atoms with Crippen molar-refractivity contribution in [3.05, 3.63) is 38.9 Å². The monoisotopic (exact) mass is 349 g/mol. The molecule has 0 aliphatic carbocycles. The minimum atomic E-state index is -1.12. The van der Waals surface area contributed by atoms with Crippen LogP contribution in [0.4, 0.5) is 0 Å². The smallest absolute Gasteiger partial charge is 0.331 e. The summed E-state index contributed by atoms with van der Waals surface area (Å²) in [7, 11) is 2.85. The second-order valence-corrected chi connectivity index (χ2v) is 6.07. The SMILES string of the molecule is CC[C@](C)(NC(=O)c1ccc2c(=O)n(C)c(=S)[nH]c2c1)C(=O)OC. The van der Waals surface area contributed by atoms with Crippen molar-refractivity contribution < 1.29 is 14.3 Å². The number of rotatable bonds is 4. The molecule has 7 nitrogen and oxygen atoms in total. The number of amides is 1.